The van der Waals surface area contributed by atoms with Crippen LogP contribution in [0.15, 0.2) is 53.9 Å². The Hall–Kier alpha value is -2.27. The number of amidine groups is 1. The predicted molar refractivity (Wildman–Crippen MR) is 153 cm³/mol. The van der Waals surface area contributed by atoms with Gasteiger partial charge in [0.15, 0.2) is 5.84 Å². The van der Waals surface area contributed by atoms with Crippen molar-refractivity contribution in [2.75, 3.05) is 25.3 Å². The number of carbonyl (C=O) groups is 1. The van der Waals surface area contributed by atoms with Crippen molar-refractivity contribution in [1.29, 1.82) is 0 Å². The summed E-state index contributed by atoms with van der Waals surface area (Å²) in [5.74, 6) is 0.603. The van der Waals surface area contributed by atoms with Gasteiger partial charge >= 0.3 is 0 Å². The van der Waals surface area contributed by atoms with E-state index in [0.29, 0.717) is 24.6 Å². The molecule has 0 radical (unpaired) electrons. The molecule has 1 atom stereocenters. The Kier molecular flexibility index (Phi) is 13.4. The van der Waals surface area contributed by atoms with Gasteiger partial charge in [0, 0.05) is 30.7 Å². The molecule has 0 saturated heterocycles. The van der Waals surface area contributed by atoms with Crippen LogP contribution < -0.4 is 10.8 Å². The normalized spacial score (nSPS) is 14.2. The lowest BCUT2D eigenvalue weighted by Crippen LogP contribution is -2.29. The molecule has 0 aliphatic heterocycles. The lowest BCUT2D eigenvalue weighted by molar-refractivity contribution is -0.124. The van der Waals surface area contributed by atoms with E-state index in [1.807, 2.05) is 47.9 Å². The molecule has 210 valence electrons. The van der Waals surface area contributed by atoms with E-state index in [9.17, 15) is 14.5 Å². The molecule has 1 unspecified atom stereocenters. The van der Waals surface area contributed by atoms with Crippen molar-refractivity contribution in [3.63, 3.8) is 0 Å². The monoisotopic (exact) mass is 565 g/mol. The van der Waals surface area contributed by atoms with Crippen molar-refractivity contribution in [3.8, 4) is 0 Å². The highest BCUT2D eigenvalue weighted by Gasteiger charge is 2.26. The molecule has 1 aromatic carbocycles. The number of hydrogen-bond acceptors (Lipinski definition) is 8. The summed E-state index contributed by atoms with van der Waals surface area (Å²) in [4.78, 5) is 20.5. The second-order valence-electron chi connectivity index (χ2n) is 9.12. The number of nitrogens with one attached hydrogen (secondary N) is 1. The highest BCUT2D eigenvalue weighted by atomic mass is 32.2. The number of unbranched alkanes of at least 4 members (excludes halogenated alkanes) is 1. The quantitative estimate of drug-likeness (QED) is 0.111. The van der Waals surface area contributed by atoms with Gasteiger partial charge in [-0.1, -0.05) is 61.5 Å². The molecule has 12 heteroatoms. The zero-order valence-corrected chi connectivity index (χ0v) is 24.3. The van der Waals surface area contributed by atoms with Crippen LogP contribution in [-0.4, -0.2) is 56.5 Å². The first-order valence-electron chi connectivity index (χ1n) is 12.6. The molecule has 4 N–H and O–H groups in total. The largest absolute Gasteiger partial charge is 0.382 e. The van der Waals surface area contributed by atoms with E-state index in [-0.39, 0.29) is 30.4 Å². The summed E-state index contributed by atoms with van der Waals surface area (Å²) in [5.41, 5.74) is 7.07. The number of nitrogens with zero attached hydrogens (tertiary/aromatic N) is 3. The second kappa shape index (κ2) is 16.0. The predicted octanol–water partition coefficient (Wildman–Crippen LogP) is 4.21. The molecular weight excluding hydrogens is 525 g/mol. The van der Waals surface area contributed by atoms with Crippen molar-refractivity contribution in [2.45, 2.75) is 59.2 Å². The van der Waals surface area contributed by atoms with Gasteiger partial charge in [-0.05, 0) is 32.8 Å². The molecule has 2 rings (SSSR count). The third-order valence-corrected chi connectivity index (χ3v) is 8.23. The fourth-order valence-corrected chi connectivity index (χ4v) is 5.40. The SMILES string of the molecule is CCC/C=C/N=C(/N)c1ncn(CCOCP(=O)(NCc2ccccc2)OCCSC(=O)C(C)(C)O)c1C. The van der Waals surface area contributed by atoms with Crippen LogP contribution in [0.2, 0.25) is 0 Å². The molecule has 38 heavy (non-hydrogen) atoms. The Morgan fingerprint density at radius 2 is 2.05 bits per heavy atom. The zero-order valence-electron chi connectivity index (χ0n) is 22.6. The highest BCUT2D eigenvalue weighted by Crippen LogP contribution is 2.42. The van der Waals surface area contributed by atoms with Crippen molar-refractivity contribution < 1.29 is 23.7 Å². The van der Waals surface area contributed by atoms with Gasteiger partial charge in [0.25, 0.3) is 7.52 Å². The van der Waals surface area contributed by atoms with Crippen LogP contribution in [0.3, 0.4) is 0 Å². The summed E-state index contributed by atoms with van der Waals surface area (Å²) in [5, 5.41) is 12.4. The Bertz CT molecular complexity index is 1110. The number of aliphatic imine (C=N–C) groups is 1. The van der Waals surface area contributed by atoms with Crippen LogP contribution in [0.4, 0.5) is 0 Å². The van der Waals surface area contributed by atoms with E-state index in [4.69, 9.17) is 15.0 Å². The maximum absolute atomic E-state index is 13.5. The summed E-state index contributed by atoms with van der Waals surface area (Å²) >= 11 is 0.939. The number of benzene rings is 1. The minimum absolute atomic E-state index is 0.0597. The standard InChI is InChI=1S/C26H40N5O5PS/c1-5-6-10-13-28-24(27)23-21(2)31(19-29-23)14-15-35-20-37(34,30-18-22-11-8-7-9-12-22)36-16-17-38-25(32)26(3,4)33/h7-13,19,33H,5-6,14-18,20H2,1-4H3,(H2,27,28)(H,30,34)/b13-10+. The van der Waals surface area contributed by atoms with Gasteiger partial charge in [0.05, 0.1) is 19.5 Å². The van der Waals surface area contributed by atoms with Crippen LogP contribution in [0.25, 0.3) is 0 Å². The van der Waals surface area contributed by atoms with Crippen molar-refractivity contribution in [3.05, 3.63) is 65.9 Å². The molecule has 0 aliphatic carbocycles. The van der Waals surface area contributed by atoms with E-state index in [1.165, 1.54) is 13.8 Å². The molecule has 2 aromatic rings. The topological polar surface area (TPSA) is 141 Å². The summed E-state index contributed by atoms with van der Waals surface area (Å²) in [7, 11) is -3.38. The smallest absolute Gasteiger partial charge is 0.295 e. The number of ether oxygens (including phenoxy) is 1. The maximum Gasteiger partial charge on any atom is 0.295 e. The molecule has 0 bridgehead atoms. The first-order chi connectivity index (χ1) is 18.1. The van der Waals surface area contributed by atoms with Gasteiger partial charge < -0.3 is 24.7 Å². The molecule has 0 amide bonds. The number of aliphatic hydroxyl groups is 1. The first-order valence-corrected chi connectivity index (χ1v) is 15.4. The van der Waals surface area contributed by atoms with Gasteiger partial charge in [-0.3, -0.25) is 9.36 Å². The molecule has 0 saturated carbocycles. The Morgan fingerprint density at radius 3 is 2.74 bits per heavy atom. The number of aromatic nitrogens is 2. The van der Waals surface area contributed by atoms with Crippen LogP contribution >= 0.6 is 19.3 Å². The number of imidazole rings is 1. The molecular formula is C26H40N5O5PS. The molecule has 0 fully saturated rings. The van der Waals surface area contributed by atoms with E-state index < -0.39 is 13.1 Å². The minimum atomic E-state index is -3.38. The number of hydrogen-bond donors (Lipinski definition) is 3. The Morgan fingerprint density at radius 1 is 1.32 bits per heavy atom. The van der Waals surface area contributed by atoms with Gasteiger partial charge in [-0.15, -0.1) is 0 Å². The lowest BCUT2D eigenvalue weighted by atomic mass is 10.2. The highest BCUT2D eigenvalue weighted by molar-refractivity contribution is 8.13. The number of rotatable bonds is 17. The van der Waals surface area contributed by atoms with Gasteiger partial charge in [-0.2, -0.15) is 0 Å². The van der Waals surface area contributed by atoms with E-state index >= 15 is 0 Å². The minimum Gasteiger partial charge on any atom is -0.382 e. The summed E-state index contributed by atoms with van der Waals surface area (Å²) in [6.45, 7) is 8.01. The van der Waals surface area contributed by atoms with Crippen LogP contribution in [0.5, 0.6) is 0 Å². The fourth-order valence-electron chi connectivity index (χ4n) is 3.14. The average Bonchev–Trinajstić information content (AvgIpc) is 3.26. The Balaban J connectivity index is 1.92. The Labute approximate surface area is 229 Å². The lowest BCUT2D eigenvalue weighted by Gasteiger charge is -2.20. The first kappa shape index (κ1) is 31.9. The number of allylic oxidation sites excluding steroid dienone is 1. The van der Waals surface area contributed by atoms with Crippen molar-refractivity contribution in [2.24, 2.45) is 10.7 Å². The third-order valence-electron chi connectivity index (χ3n) is 5.34. The fraction of sp³-hybridized carbons (Fsp3) is 0.500. The van der Waals surface area contributed by atoms with Crippen LogP contribution in [0, 0.1) is 6.92 Å². The van der Waals surface area contributed by atoms with E-state index in [1.54, 1.807) is 12.5 Å². The van der Waals surface area contributed by atoms with Gasteiger partial charge in [0.1, 0.15) is 17.6 Å². The summed E-state index contributed by atoms with van der Waals surface area (Å²) in [6.07, 6.45) is 7.17. The summed E-state index contributed by atoms with van der Waals surface area (Å²) < 4.78 is 26.8. The molecule has 0 aliphatic rings. The molecule has 10 nitrogen and oxygen atoms in total. The van der Waals surface area contributed by atoms with Gasteiger partial charge in [-0.25, -0.2) is 15.1 Å². The zero-order chi connectivity index (χ0) is 28.0. The number of thioether (sulfide) groups is 1. The second-order valence-corrected chi connectivity index (χ2v) is 12.4. The van der Waals surface area contributed by atoms with E-state index in [0.717, 1.165) is 35.9 Å². The number of nitrogens with two attached hydrogens (primary N) is 1. The molecule has 1 heterocycles. The maximum atomic E-state index is 13.5. The third kappa shape index (κ3) is 11.2. The molecule has 1 aromatic heterocycles. The van der Waals surface area contributed by atoms with Crippen molar-refractivity contribution in [1.82, 2.24) is 14.6 Å². The van der Waals surface area contributed by atoms with Gasteiger partial charge in [0.2, 0.25) is 5.12 Å². The average molecular weight is 566 g/mol. The number of carbonyl (C=O) groups excluding carboxylic acids is 1. The summed E-state index contributed by atoms with van der Waals surface area (Å²) in [6, 6.07) is 9.55. The van der Waals surface area contributed by atoms with Crippen molar-refractivity contribution >= 4 is 30.2 Å². The molecule has 0 spiro atoms. The van der Waals surface area contributed by atoms with E-state index in [2.05, 4.69) is 22.0 Å². The van der Waals surface area contributed by atoms with Crippen LogP contribution in [-0.2, 0) is 31.7 Å². The van der Waals surface area contributed by atoms with Crippen LogP contribution in [0.1, 0.15) is 50.6 Å².